The minimum absolute atomic E-state index is 0.0622. The first-order chi connectivity index (χ1) is 7.07. The third kappa shape index (κ3) is 2.61. The van der Waals surface area contributed by atoms with Gasteiger partial charge in [-0.25, -0.2) is 0 Å². The summed E-state index contributed by atoms with van der Waals surface area (Å²) in [5.74, 6) is 0.771. The van der Waals surface area contributed by atoms with Crippen molar-refractivity contribution < 1.29 is 9.21 Å². The van der Waals surface area contributed by atoms with Gasteiger partial charge in [0, 0.05) is 19.2 Å². The van der Waals surface area contributed by atoms with Crippen molar-refractivity contribution in [1.82, 2.24) is 4.90 Å². The summed E-state index contributed by atoms with van der Waals surface area (Å²) in [5.41, 5.74) is 1.63. The van der Waals surface area contributed by atoms with E-state index < -0.39 is 0 Å². The molecule has 0 atom stereocenters. The van der Waals surface area contributed by atoms with E-state index in [1.54, 1.807) is 11.2 Å². The number of carbonyl (C=O) groups excluding carboxylic acids is 1. The van der Waals surface area contributed by atoms with E-state index in [9.17, 15) is 4.79 Å². The number of rotatable bonds is 4. The highest BCUT2D eigenvalue weighted by atomic mass is 16.3. The van der Waals surface area contributed by atoms with Crippen LogP contribution >= 0.6 is 0 Å². The molecule has 3 heteroatoms. The normalized spacial score (nSPS) is 10.4. The quantitative estimate of drug-likeness (QED) is 0.764. The first kappa shape index (κ1) is 11.8. The Morgan fingerprint density at radius 3 is 2.60 bits per heavy atom. The molecule has 0 bridgehead atoms. The molecular weight excluding hydrogens is 190 g/mol. The monoisotopic (exact) mass is 209 g/mol. The van der Waals surface area contributed by atoms with Crippen molar-refractivity contribution in [3.8, 4) is 0 Å². The highest BCUT2D eigenvalue weighted by Crippen LogP contribution is 2.17. The van der Waals surface area contributed by atoms with Gasteiger partial charge in [-0.3, -0.25) is 4.79 Å². The zero-order valence-corrected chi connectivity index (χ0v) is 9.96. The van der Waals surface area contributed by atoms with Crippen molar-refractivity contribution in [3.05, 3.63) is 23.2 Å². The maximum atomic E-state index is 12.0. The third-order valence-electron chi connectivity index (χ3n) is 2.57. The Hall–Kier alpha value is -1.25. The van der Waals surface area contributed by atoms with Gasteiger partial charge in [0.25, 0.3) is 5.91 Å². The molecule has 0 unspecified atom stereocenters. The predicted octanol–water partition coefficient (Wildman–Crippen LogP) is 2.77. The van der Waals surface area contributed by atoms with E-state index in [2.05, 4.69) is 6.92 Å². The molecule has 84 valence electrons. The molecule has 0 saturated heterocycles. The molecule has 1 amide bonds. The molecule has 0 spiro atoms. The second-order valence-corrected chi connectivity index (χ2v) is 3.93. The van der Waals surface area contributed by atoms with Gasteiger partial charge in [0.05, 0.1) is 11.8 Å². The fourth-order valence-corrected chi connectivity index (χ4v) is 1.58. The van der Waals surface area contributed by atoms with Gasteiger partial charge in [0.2, 0.25) is 0 Å². The van der Waals surface area contributed by atoms with Gasteiger partial charge in [-0.1, -0.05) is 13.3 Å². The van der Waals surface area contributed by atoms with Gasteiger partial charge < -0.3 is 9.32 Å². The van der Waals surface area contributed by atoms with Crippen molar-refractivity contribution in [3.63, 3.8) is 0 Å². The summed E-state index contributed by atoms with van der Waals surface area (Å²) >= 11 is 0. The second-order valence-electron chi connectivity index (χ2n) is 3.93. The maximum absolute atomic E-state index is 12.0. The van der Waals surface area contributed by atoms with Gasteiger partial charge in [-0.2, -0.15) is 0 Å². The summed E-state index contributed by atoms with van der Waals surface area (Å²) in [6.45, 7) is 6.65. The molecule has 1 rings (SSSR count). The van der Waals surface area contributed by atoms with Crippen LogP contribution < -0.4 is 0 Å². The fraction of sp³-hybridized carbons (Fsp3) is 0.583. The van der Waals surface area contributed by atoms with Crippen LogP contribution in [0.4, 0.5) is 0 Å². The molecule has 15 heavy (non-hydrogen) atoms. The van der Waals surface area contributed by atoms with E-state index in [4.69, 9.17) is 4.42 Å². The highest BCUT2D eigenvalue weighted by molar-refractivity contribution is 5.96. The van der Waals surface area contributed by atoms with Gasteiger partial charge >= 0.3 is 0 Å². The Balaban J connectivity index is 2.76. The molecule has 3 nitrogen and oxygen atoms in total. The smallest absolute Gasteiger partial charge is 0.257 e. The molecule has 0 aromatic carbocycles. The minimum Gasteiger partial charge on any atom is -0.469 e. The summed E-state index contributed by atoms with van der Waals surface area (Å²) in [4.78, 5) is 13.8. The first-order valence-corrected chi connectivity index (χ1v) is 5.38. The molecule has 0 aliphatic carbocycles. The summed E-state index contributed by atoms with van der Waals surface area (Å²) in [6.07, 6.45) is 3.77. The number of hydrogen-bond donors (Lipinski definition) is 0. The number of furan rings is 1. The van der Waals surface area contributed by atoms with Crippen LogP contribution in [0.25, 0.3) is 0 Å². The molecular formula is C12H19NO2. The van der Waals surface area contributed by atoms with E-state index in [0.29, 0.717) is 11.3 Å². The summed E-state index contributed by atoms with van der Waals surface area (Å²) in [6, 6.07) is 0. The minimum atomic E-state index is 0.0622. The van der Waals surface area contributed by atoms with E-state index in [0.717, 1.165) is 24.9 Å². The number of amides is 1. The van der Waals surface area contributed by atoms with Crippen LogP contribution in [0.1, 0.15) is 41.4 Å². The Bertz CT molecular complexity index is 322. The topological polar surface area (TPSA) is 33.5 Å². The largest absolute Gasteiger partial charge is 0.469 e. The predicted molar refractivity (Wildman–Crippen MR) is 60.1 cm³/mol. The highest BCUT2D eigenvalue weighted by Gasteiger charge is 2.18. The van der Waals surface area contributed by atoms with Crippen molar-refractivity contribution in [1.29, 1.82) is 0 Å². The van der Waals surface area contributed by atoms with Crippen molar-refractivity contribution >= 4 is 5.91 Å². The lowest BCUT2D eigenvalue weighted by Crippen LogP contribution is -2.28. The zero-order valence-electron chi connectivity index (χ0n) is 9.96. The lowest BCUT2D eigenvalue weighted by Gasteiger charge is -2.16. The standard InChI is InChI=1S/C12H19NO2/c1-5-6-7-13(4)12(14)11-9(2)8-15-10(11)3/h8H,5-7H2,1-4H3. The van der Waals surface area contributed by atoms with Crippen LogP contribution in [-0.4, -0.2) is 24.4 Å². The summed E-state index contributed by atoms with van der Waals surface area (Å²) in [5, 5.41) is 0. The van der Waals surface area contributed by atoms with Crippen LogP contribution in [0.15, 0.2) is 10.7 Å². The molecule has 1 aromatic rings. The fourth-order valence-electron chi connectivity index (χ4n) is 1.58. The van der Waals surface area contributed by atoms with Crippen molar-refractivity contribution in [2.75, 3.05) is 13.6 Å². The number of hydrogen-bond acceptors (Lipinski definition) is 2. The number of carbonyl (C=O) groups is 1. The van der Waals surface area contributed by atoms with Gasteiger partial charge in [0.1, 0.15) is 5.76 Å². The second kappa shape index (κ2) is 5.01. The molecule has 0 N–H and O–H groups in total. The van der Waals surface area contributed by atoms with Crippen LogP contribution in [0, 0.1) is 13.8 Å². The average molecular weight is 209 g/mol. The van der Waals surface area contributed by atoms with Gasteiger partial charge in [-0.15, -0.1) is 0 Å². The molecule has 0 saturated carbocycles. The van der Waals surface area contributed by atoms with E-state index in [1.807, 2.05) is 20.9 Å². The summed E-state index contributed by atoms with van der Waals surface area (Å²) < 4.78 is 5.22. The molecule has 0 radical (unpaired) electrons. The zero-order chi connectivity index (χ0) is 11.4. The molecule has 1 aromatic heterocycles. The van der Waals surface area contributed by atoms with Gasteiger partial charge in [-0.05, 0) is 20.3 Å². The van der Waals surface area contributed by atoms with Crippen LogP contribution in [-0.2, 0) is 0 Å². The van der Waals surface area contributed by atoms with Crippen LogP contribution in [0.3, 0.4) is 0 Å². The number of aryl methyl sites for hydroxylation is 2. The van der Waals surface area contributed by atoms with Crippen molar-refractivity contribution in [2.24, 2.45) is 0 Å². The van der Waals surface area contributed by atoms with Gasteiger partial charge in [0.15, 0.2) is 0 Å². The lowest BCUT2D eigenvalue weighted by atomic mass is 10.1. The SMILES string of the molecule is CCCCN(C)C(=O)c1c(C)coc1C. The first-order valence-electron chi connectivity index (χ1n) is 5.38. The average Bonchev–Trinajstić information content (AvgIpc) is 2.54. The van der Waals surface area contributed by atoms with E-state index >= 15 is 0 Å². The Labute approximate surface area is 91.1 Å². The van der Waals surface area contributed by atoms with Crippen LogP contribution in [0.2, 0.25) is 0 Å². The Morgan fingerprint density at radius 2 is 2.13 bits per heavy atom. The van der Waals surface area contributed by atoms with Crippen molar-refractivity contribution in [2.45, 2.75) is 33.6 Å². The molecule has 0 fully saturated rings. The molecule has 1 heterocycles. The molecule has 0 aliphatic rings. The van der Waals surface area contributed by atoms with Crippen LogP contribution in [0.5, 0.6) is 0 Å². The Morgan fingerprint density at radius 1 is 1.47 bits per heavy atom. The molecule has 0 aliphatic heterocycles. The van der Waals surface area contributed by atoms with E-state index in [1.165, 1.54) is 0 Å². The summed E-state index contributed by atoms with van der Waals surface area (Å²) in [7, 11) is 1.84. The number of unbranched alkanes of at least 4 members (excludes halogenated alkanes) is 1. The Kier molecular flexibility index (Phi) is 3.95. The third-order valence-corrected chi connectivity index (χ3v) is 2.57. The maximum Gasteiger partial charge on any atom is 0.257 e. The number of nitrogens with zero attached hydrogens (tertiary/aromatic N) is 1. The lowest BCUT2D eigenvalue weighted by molar-refractivity contribution is 0.0791. The van der Waals surface area contributed by atoms with E-state index in [-0.39, 0.29) is 5.91 Å².